The summed E-state index contributed by atoms with van der Waals surface area (Å²) in [6.45, 7) is 19.8. The molecular formula is C22H46O. The second-order valence-electron chi connectivity index (χ2n) is 8.72. The van der Waals surface area contributed by atoms with Crippen LogP contribution in [0.4, 0.5) is 0 Å². The molecule has 0 bridgehead atoms. The van der Waals surface area contributed by atoms with Crippen LogP contribution in [0.25, 0.3) is 0 Å². The normalized spacial score (nSPS) is 13.0. The Hall–Kier alpha value is -0.0400. The monoisotopic (exact) mass is 326 g/mol. The van der Waals surface area contributed by atoms with Gasteiger partial charge in [0.25, 0.3) is 0 Å². The van der Waals surface area contributed by atoms with Gasteiger partial charge in [0.05, 0.1) is 6.10 Å². The van der Waals surface area contributed by atoms with Crippen LogP contribution in [-0.4, -0.2) is 12.7 Å². The standard InChI is InChI=1S/C22H46O/c1-18(2)22(19(3)4,20(5)6)16-14-12-10-9-11-13-15-17-23-21(7)8/h18-21H,9-17H2,1-8H3. The molecule has 0 aromatic rings. The van der Waals surface area contributed by atoms with Gasteiger partial charge < -0.3 is 4.74 Å². The molecule has 23 heavy (non-hydrogen) atoms. The van der Waals surface area contributed by atoms with E-state index in [2.05, 4.69) is 55.4 Å². The van der Waals surface area contributed by atoms with E-state index in [0.717, 1.165) is 24.4 Å². The van der Waals surface area contributed by atoms with E-state index in [1.807, 2.05) is 0 Å². The van der Waals surface area contributed by atoms with Gasteiger partial charge in [-0.05, 0) is 49.9 Å². The molecule has 0 saturated heterocycles. The Labute approximate surface area is 148 Å². The number of hydrogen-bond acceptors (Lipinski definition) is 1. The van der Waals surface area contributed by atoms with Crippen molar-refractivity contribution in [3.8, 4) is 0 Å². The number of hydrogen-bond donors (Lipinski definition) is 0. The molecule has 140 valence electrons. The first kappa shape index (κ1) is 23.0. The maximum Gasteiger partial charge on any atom is 0.0518 e. The first-order valence-electron chi connectivity index (χ1n) is 10.4. The smallest absolute Gasteiger partial charge is 0.0518 e. The van der Waals surface area contributed by atoms with Crippen LogP contribution in [0.15, 0.2) is 0 Å². The molecule has 0 aromatic carbocycles. The van der Waals surface area contributed by atoms with E-state index in [9.17, 15) is 0 Å². The van der Waals surface area contributed by atoms with Gasteiger partial charge in [0, 0.05) is 6.61 Å². The van der Waals surface area contributed by atoms with Gasteiger partial charge >= 0.3 is 0 Å². The summed E-state index contributed by atoms with van der Waals surface area (Å²) in [4.78, 5) is 0. The maximum atomic E-state index is 5.59. The van der Waals surface area contributed by atoms with Crippen LogP contribution in [-0.2, 0) is 4.74 Å². The molecule has 0 spiro atoms. The van der Waals surface area contributed by atoms with E-state index >= 15 is 0 Å². The average molecular weight is 327 g/mol. The van der Waals surface area contributed by atoms with Gasteiger partial charge in [-0.25, -0.2) is 0 Å². The van der Waals surface area contributed by atoms with Crippen LogP contribution in [0.5, 0.6) is 0 Å². The molecule has 0 fully saturated rings. The minimum atomic E-state index is 0.387. The molecule has 0 aliphatic carbocycles. The fraction of sp³-hybridized carbons (Fsp3) is 1.00. The molecule has 0 N–H and O–H groups in total. The molecule has 0 aliphatic heterocycles. The van der Waals surface area contributed by atoms with Crippen molar-refractivity contribution in [1.82, 2.24) is 0 Å². The highest BCUT2D eigenvalue weighted by molar-refractivity contribution is 4.88. The van der Waals surface area contributed by atoms with Gasteiger partial charge in [-0.3, -0.25) is 0 Å². The molecule has 1 heteroatoms. The second-order valence-corrected chi connectivity index (χ2v) is 8.72. The summed E-state index contributed by atoms with van der Waals surface area (Å²) in [5.41, 5.74) is 0.522. The van der Waals surface area contributed by atoms with Crippen LogP contribution >= 0.6 is 0 Å². The predicted molar refractivity (Wildman–Crippen MR) is 105 cm³/mol. The molecule has 0 unspecified atom stereocenters. The second kappa shape index (κ2) is 12.3. The van der Waals surface area contributed by atoms with E-state index in [1.54, 1.807) is 0 Å². The van der Waals surface area contributed by atoms with Crippen LogP contribution < -0.4 is 0 Å². The Morgan fingerprint density at radius 2 is 0.957 bits per heavy atom. The molecule has 0 amide bonds. The lowest BCUT2D eigenvalue weighted by Gasteiger charge is -2.45. The van der Waals surface area contributed by atoms with Crippen molar-refractivity contribution in [1.29, 1.82) is 0 Å². The Bertz CT molecular complexity index is 243. The largest absolute Gasteiger partial charge is 0.379 e. The number of rotatable bonds is 14. The van der Waals surface area contributed by atoms with Crippen molar-refractivity contribution in [3.63, 3.8) is 0 Å². The third-order valence-corrected chi connectivity index (χ3v) is 5.93. The average Bonchev–Trinajstić information content (AvgIpc) is 2.43. The quantitative estimate of drug-likeness (QED) is 0.300. The van der Waals surface area contributed by atoms with Crippen molar-refractivity contribution in [2.24, 2.45) is 23.2 Å². The minimum Gasteiger partial charge on any atom is -0.379 e. The summed E-state index contributed by atoms with van der Waals surface area (Å²) in [5, 5.41) is 0. The summed E-state index contributed by atoms with van der Waals surface area (Å²) in [6.07, 6.45) is 11.4. The molecule has 0 atom stereocenters. The fourth-order valence-electron chi connectivity index (χ4n) is 4.60. The minimum absolute atomic E-state index is 0.387. The highest BCUT2D eigenvalue weighted by Gasteiger charge is 2.39. The van der Waals surface area contributed by atoms with Gasteiger partial charge in [0.1, 0.15) is 0 Å². The molecule has 0 aromatic heterocycles. The van der Waals surface area contributed by atoms with E-state index < -0.39 is 0 Å². The van der Waals surface area contributed by atoms with E-state index in [-0.39, 0.29) is 0 Å². The molecule has 0 saturated carbocycles. The predicted octanol–water partition coefficient (Wildman–Crippen LogP) is 7.49. The van der Waals surface area contributed by atoms with Crippen LogP contribution in [0.2, 0.25) is 0 Å². The number of ether oxygens (including phenoxy) is 1. The van der Waals surface area contributed by atoms with Crippen molar-refractivity contribution >= 4 is 0 Å². The summed E-state index contributed by atoms with van der Waals surface area (Å²) < 4.78 is 5.59. The van der Waals surface area contributed by atoms with Crippen LogP contribution in [0.1, 0.15) is 107 Å². The lowest BCUT2D eigenvalue weighted by Crippen LogP contribution is -2.38. The first-order valence-corrected chi connectivity index (χ1v) is 10.4. The molecule has 0 aliphatic rings. The SMILES string of the molecule is CC(C)OCCCCCCCCCC(C(C)C)(C(C)C)C(C)C. The lowest BCUT2D eigenvalue weighted by molar-refractivity contribution is 0.0356. The first-order chi connectivity index (χ1) is 10.7. The van der Waals surface area contributed by atoms with Gasteiger partial charge in [-0.15, -0.1) is 0 Å². The van der Waals surface area contributed by atoms with Gasteiger partial charge in [0.2, 0.25) is 0 Å². The van der Waals surface area contributed by atoms with Crippen molar-refractivity contribution in [2.45, 2.75) is 113 Å². The molecular weight excluding hydrogens is 280 g/mol. The van der Waals surface area contributed by atoms with E-state index in [1.165, 1.54) is 51.4 Å². The Kier molecular flexibility index (Phi) is 12.3. The van der Waals surface area contributed by atoms with Crippen LogP contribution in [0, 0.1) is 23.2 Å². The zero-order chi connectivity index (χ0) is 17.9. The summed E-state index contributed by atoms with van der Waals surface area (Å²) in [6, 6.07) is 0. The van der Waals surface area contributed by atoms with Crippen molar-refractivity contribution < 1.29 is 4.74 Å². The molecule has 0 rings (SSSR count). The summed E-state index contributed by atoms with van der Waals surface area (Å²) >= 11 is 0. The third kappa shape index (κ3) is 8.57. The topological polar surface area (TPSA) is 9.23 Å². The van der Waals surface area contributed by atoms with Gasteiger partial charge in [0.15, 0.2) is 0 Å². The van der Waals surface area contributed by atoms with Gasteiger partial charge in [-0.2, -0.15) is 0 Å². The van der Waals surface area contributed by atoms with Crippen molar-refractivity contribution in [3.05, 3.63) is 0 Å². The summed E-state index contributed by atoms with van der Waals surface area (Å²) in [7, 11) is 0. The van der Waals surface area contributed by atoms with E-state index in [0.29, 0.717) is 11.5 Å². The zero-order valence-corrected chi connectivity index (χ0v) is 17.6. The van der Waals surface area contributed by atoms with Gasteiger partial charge in [-0.1, -0.05) is 80.1 Å². The third-order valence-electron chi connectivity index (χ3n) is 5.93. The lowest BCUT2D eigenvalue weighted by atomic mass is 9.60. The van der Waals surface area contributed by atoms with Crippen LogP contribution in [0.3, 0.4) is 0 Å². The molecule has 0 radical (unpaired) electrons. The Balaban J connectivity index is 3.84. The molecule has 0 heterocycles. The highest BCUT2D eigenvalue weighted by atomic mass is 16.5. The molecule has 1 nitrogen and oxygen atoms in total. The maximum absolute atomic E-state index is 5.59. The van der Waals surface area contributed by atoms with Crippen molar-refractivity contribution in [2.75, 3.05) is 6.61 Å². The highest BCUT2D eigenvalue weighted by Crippen LogP contribution is 2.47. The Morgan fingerprint density at radius 1 is 0.565 bits per heavy atom. The summed E-state index contributed by atoms with van der Waals surface area (Å²) in [5.74, 6) is 2.34. The fourth-order valence-corrected chi connectivity index (χ4v) is 4.60. The van der Waals surface area contributed by atoms with E-state index in [4.69, 9.17) is 4.74 Å². The number of unbranched alkanes of at least 4 members (excludes halogenated alkanes) is 6. The zero-order valence-electron chi connectivity index (χ0n) is 17.6. The Morgan fingerprint density at radius 3 is 1.35 bits per heavy atom.